The predicted molar refractivity (Wildman–Crippen MR) is 74.6 cm³/mol. The standard InChI is InChI=1S/C15H12ClFN2/c1-10-6-13(16)3-5-15(10)19-9-11-2-4-14(17)12(7-11)8-18/h2-7,19H,9H2,1H3. The second-order valence-corrected chi connectivity index (χ2v) is 4.68. The number of rotatable bonds is 3. The van der Waals surface area contributed by atoms with Gasteiger partial charge in [-0.15, -0.1) is 0 Å². The second-order valence-electron chi connectivity index (χ2n) is 4.24. The normalized spacial score (nSPS) is 10.0. The van der Waals surface area contributed by atoms with Crippen LogP contribution in [0.5, 0.6) is 0 Å². The maximum absolute atomic E-state index is 13.2. The molecule has 0 radical (unpaired) electrons. The highest BCUT2D eigenvalue weighted by Crippen LogP contribution is 2.20. The van der Waals surface area contributed by atoms with Gasteiger partial charge < -0.3 is 5.32 Å². The van der Waals surface area contributed by atoms with Gasteiger partial charge in [0.05, 0.1) is 5.56 Å². The van der Waals surface area contributed by atoms with Gasteiger partial charge >= 0.3 is 0 Å². The molecule has 2 aromatic rings. The third-order valence-electron chi connectivity index (χ3n) is 2.82. The first-order chi connectivity index (χ1) is 9.10. The Morgan fingerprint density at radius 2 is 2.05 bits per heavy atom. The van der Waals surface area contributed by atoms with Crippen molar-refractivity contribution in [3.63, 3.8) is 0 Å². The quantitative estimate of drug-likeness (QED) is 0.907. The van der Waals surface area contributed by atoms with Crippen LogP contribution in [0.1, 0.15) is 16.7 Å². The molecule has 0 spiro atoms. The Morgan fingerprint density at radius 3 is 2.74 bits per heavy atom. The van der Waals surface area contributed by atoms with Crippen molar-refractivity contribution in [1.29, 1.82) is 5.26 Å². The lowest BCUT2D eigenvalue weighted by atomic mass is 10.1. The zero-order valence-corrected chi connectivity index (χ0v) is 11.1. The summed E-state index contributed by atoms with van der Waals surface area (Å²) in [4.78, 5) is 0. The summed E-state index contributed by atoms with van der Waals surface area (Å²) in [5.74, 6) is -0.492. The fourth-order valence-electron chi connectivity index (χ4n) is 1.79. The molecule has 4 heteroatoms. The van der Waals surface area contributed by atoms with Gasteiger partial charge in [0, 0.05) is 17.3 Å². The highest BCUT2D eigenvalue weighted by atomic mass is 35.5. The SMILES string of the molecule is Cc1cc(Cl)ccc1NCc1ccc(F)c(C#N)c1. The summed E-state index contributed by atoms with van der Waals surface area (Å²) < 4.78 is 13.2. The molecule has 2 nitrogen and oxygen atoms in total. The van der Waals surface area contributed by atoms with Crippen LogP contribution in [0.25, 0.3) is 0 Å². The molecule has 0 saturated carbocycles. The van der Waals surface area contributed by atoms with Crippen molar-refractivity contribution in [2.75, 3.05) is 5.32 Å². The van der Waals surface area contributed by atoms with Crippen LogP contribution in [0.2, 0.25) is 5.02 Å². The van der Waals surface area contributed by atoms with Gasteiger partial charge in [-0.2, -0.15) is 5.26 Å². The van der Waals surface area contributed by atoms with Crippen LogP contribution in [0.3, 0.4) is 0 Å². The second kappa shape index (κ2) is 5.73. The molecule has 0 aromatic heterocycles. The summed E-state index contributed by atoms with van der Waals surface area (Å²) in [6.07, 6.45) is 0. The van der Waals surface area contributed by atoms with Gasteiger partial charge in [0.25, 0.3) is 0 Å². The third-order valence-corrected chi connectivity index (χ3v) is 3.06. The van der Waals surface area contributed by atoms with E-state index >= 15 is 0 Å². The average molecular weight is 275 g/mol. The van der Waals surface area contributed by atoms with Crippen LogP contribution >= 0.6 is 11.6 Å². The minimum atomic E-state index is -0.492. The van der Waals surface area contributed by atoms with E-state index in [4.69, 9.17) is 16.9 Å². The number of hydrogen-bond donors (Lipinski definition) is 1. The monoisotopic (exact) mass is 274 g/mol. The minimum Gasteiger partial charge on any atom is -0.381 e. The van der Waals surface area contributed by atoms with Crippen molar-refractivity contribution in [1.82, 2.24) is 0 Å². The van der Waals surface area contributed by atoms with Crippen LogP contribution in [-0.4, -0.2) is 0 Å². The highest BCUT2D eigenvalue weighted by Gasteiger charge is 2.03. The summed E-state index contributed by atoms with van der Waals surface area (Å²) >= 11 is 5.89. The summed E-state index contributed by atoms with van der Waals surface area (Å²) in [6, 6.07) is 11.9. The molecule has 0 aliphatic rings. The smallest absolute Gasteiger partial charge is 0.140 e. The van der Waals surface area contributed by atoms with E-state index in [0.29, 0.717) is 11.6 Å². The van der Waals surface area contributed by atoms with Crippen LogP contribution < -0.4 is 5.32 Å². The van der Waals surface area contributed by atoms with E-state index in [-0.39, 0.29) is 5.56 Å². The van der Waals surface area contributed by atoms with E-state index < -0.39 is 5.82 Å². The van der Waals surface area contributed by atoms with Crippen LogP contribution in [0.4, 0.5) is 10.1 Å². The fourth-order valence-corrected chi connectivity index (χ4v) is 2.02. The van der Waals surface area contributed by atoms with E-state index in [1.54, 1.807) is 12.1 Å². The molecule has 1 N–H and O–H groups in total. The van der Waals surface area contributed by atoms with Crippen LogP contribution in [0.15, 0.2) is 36.4 Å². The van der Waals surface area contributed by atoms with E-state index in [0.717, 1.165) is 16.8 Å². The fraction of sp³-hybridized carbons (Fsp3) is 0.133. The minimum absolute atomic E-state index is 0.0622. The molecule has 96 valence electrons. The maximum atomic E-state index is 13.2. The van der Waals surface area contributed by atoms with Crippen molar-refractivity contribution in [2.45, 2.75) is 13.5 Å². The molecule has 19 heavy (non-hydrogen) atoms. The van der Waals surface area contributed by atoms with Crippen LogP contribution in [-0.2, 0) is 6.54 Å². The van der Waals surface area contributed by atoms with Gasteiger partial charge in [-0.1, -0.05) is 17.7 Å². The first kappa shape index (κ1) is 13.4. The van der Waals surface area contributed by atoms with E-state index in [9.17, 15) is 4.39 Å². The summed E-state index contributed by atoms with van der Waals surface area (Å²) in [7, 11) is 0. The number of nitrogens with one attached hydrogen (secondary N) is 1. The van der Waals surface area contributed by atoms with Crippen molar-refractivity contribution < 1.29 is 4.39 Å². The predicted octanol–water partition coefficient (Wildman–Crippen LogP) is 4.27. The highest BCUT2D eigenvalue weighted by molar-refractivity contribution is 6.30. The topological polar surface area (TPSA) is 35.8 Å². The first-order valence-electron chi connectivity index (χ1n) is 5.78. The zero-order chi connectivity index (χ0) is 13.8. The lowest BCUT2D eigenvalue weighted by molar-refractivity contribution is 0.623. The number of halogens is 2. The molecule has 0 amide bonds. The Balaban J connectivity index is 2.13. The third kappa shape index (κ3) is 3.24. The molecule has 2 rings (SSSR count). The van der Waals surface area contributed by atoms with E-state index in [2.05, 4.69) is 5.32 Å². The molecule has 0 unspecified atom stereocenters. The van der Waals surface area contributed by atoms with Crippen molar-refractivity contribution >= 4 is 17.3 Å². The molecule has 2 aromatic carbocycles. The number of nitrogens with zero attached hydrogens (tertiary/aromatic N) is 1. The summed E-state index contributed by atoms with van der Waals surface area (Å²) in [5.41, 5.74) is 2.92. The molecular formula is C15H12ClFN2. The lowest BCUT2D eigenvalue weighted by Crippen LogP contribution is -2.01. The van der Waals surface area contributed by atoms with E-state index in [1.165, 1.54) is 6.07 Å². The van der Waals surface area contributed by atoms with Crippen molar-refractivity contribution in [2.24, 2.45) is 0 Å². The molecule has 0 saturated heterocycles. The van der Waals surface area contributed by atoms with Gasteiger partial charge in [-0.3, -0.25) is 0 Å². The largest absolute Gasteiger partial charge is 0.381 e. The van der Waals surface area contributed by atoms with Crippen molar-refractivity contribution in [3.05, 3.63) is 63.9 Å². The number of hydrogen-bond acceptors (Lipinski definition) is 2. The van der Waals surface area contributed by atoms with Gasteiger partial charge in [0.2, 0.25) is 0 Å². The first-order valence-corrected chi connectivity index (χ1v) is 6.16. The van der Waals surface area contributed by atoms with Crippen LogP contribution in [0, 0.1) is 24.1 Å². The summed E-state index contributed by atoms with van der Waals surface area (Å²) in [5, 5.41) is 12.7. The number of nitriles is 1. The molecule has 0 aliphatic carbocycles. The van der Waals surface area contributed by atoms with Crippen molar-refractivity contribution in [3.8, 4) is 6.07 Å². The van der Waals surface area contributed by atoms with Gasteiger partial charge in [-0.25, -0.2) is 4.39 Å². The Hall–Kier alpha value is -2.05. The summed E-state index contributed by atoms with van der Waals surface area (Å²) in [6.45, 7) is 2.48. The Kier molecular flexibility index (Phi) is 4.03. The van der Waals surface area contributed by atoms with Gasteiger partial charge in [0.1, 0.15) is 11.9 Å². The maximum Gasteiger partial charge on any atom is 0.140 e. The Labute approximate surface area is 116 Å². The average Bonchev–Trinajstić information content (AvgIpc) is 2.39. The Morgan fingerprint density at radius 1 is 1.26 bits per heavy atom. The number of anilines is 1. The zero-order valence-electron chi connectivity index (χ0n) is 10.4. The molecule has 0 aliphatic heterocycles. The molecule has 0 atom stereocenters. The molecule has 0 heterocycles. The number of aryl methyl sites for hydroxylation is 1. The molecule has 0 bridgehead atoms. The van der Waals surface area contributed by atoms with Gasteiger partial charge in [-0.05, 0) is 48.4 Å². The number of benzene rings is 2. The van der Waals surface area contributed by atoms with Gasteiger partial charge in [0.15, 0.2) is 0 Å². The molecule has 0 fully saturated rings. The molecular weight excluding hydrogens is 263 g/mol. The Bertz CT molecular complexity index is 647. The van der Waals surface area contributed by atoms with E-state index in [1.807, 2.05) is 31.2 Å². The lowest BCUT2D eigenvalue weighted by Gasteiger charge is -2.10.